The van der Waals surface area contributed by atoms with Crippen LogP contribution >= 0.6 is 11.8 Å². The summed E-state index contributed by atoms with van der Waals surface area (Å²) in [5.74, 6) is 1.53. The Morgan fingerprint density at radius 3 is 2.53 bits per heavy atom. The van der Waals surface area contributed by atoms with Gasteiger partial charge in [-0.05, 0) is 59.8 Å². The molecule has 0 aromatic heterocycles. The number of ether oxygens (including phenoxy) is 4. The molecule has 1 saturated heterocycles. The summed E-state index contributed by atoms with van der Waals surface area (Å²) in [5, 5.41) is 9.28. The lowest BCUT2D eigenvalue weighted by Gasteiger charge is -2.14. The van der Waals surface area contributed by atoms with Crippen molar-refractivity contribution in [3.8, 4) is 23.3 Å². The summed E-state index contributed by atoms with van der Waals surface area (Å²) in [6, 6.07) is 14.5. The van der Waals surface area contributed by atoms with Gasteiger partial charge >= 0.3 is 0 Å². The Hall–Kier alpha value is -3.48. The van der Waals surface area contributed by atoms with Crippen LogP contribution in [-0.4, -0.2) is 57.1 Å². The van der Waals surface area contributed by atoms with Crippen LogP contribution in [-0.2, 0) is 9.53 Å². The first-order chi connectivity index (χ1) is 15.6. The number of amidine groups is 1. The van der Waals surface area contributed by atoms with Crippen LogP contribution in [0.25, 0.3) is 6.08 Å². The van der Waals surface area contributed by atoms with Crippen LogP contribution in [0.3, 0.4) is 0 Å². The molecule has 8 nitrogen and oxygen atoms in total. The third kappa shape index (κ3) is 5.60. The predicted octanol–water partition coefficient (Wildman–Crippen LogP) is 3.86. The van der Waals surface area contributed by atoms with Crippen LogP contribution in [0.2, 0.25) is 0 Å². The van der Waals surface area contributed by atoms with Gasteiger partial charge in [-0.3, -0.25) is 9.69 Å². The molecular weight excluding hydrogens is 430 g/mol. The molecular formula is C23H23N3O5S. The van der Waals surface area contributed by atoms with Gasteiger partial charge in [0.1, 0.15) is 11.8 Å². The van der Waals surface area contributed by atoms with Gasteiger partial charge in [-0.2, -0.15) is 5.26 Å². The van der Waals surface area contributed by atoms with E-state index in [2.05, 4.69) is 4.99 Å². The molecule has 2 aromatic carbocycles. The zero-order chi connectivity index (χ0) is 22.9. The molecule has 0 saturated carbocycles. The summed E-state index contributed by atoms with van der Waals surface area (Å²) in [6.07, 6.45) is 1.78. The second-order valence-corrected chi connectivity index (χ2v) is 7.52. The highest BCUT2D eigenvalue weighted by atomic mass is 32.2. The van der Waals surface area contributed by atoms with E-state index in [1.54, 1.807) is 43.4 Å². The van der Waals surface area contributed by atoms with Gasteiger partial charge in [0.2, 0.25) is 0 Å². The average molecular weight is 454 g/mol. The number of methoxy groups -OCH3 is 3. The molecule has 32 heavy (non-hydrogen) atoms. The van der Waals surface area contributed by atoms with Gasteiger partial charge in [0.05, 0.1) is 38.0 Å². The van der Waals surface area contributed by atoms with E-state index in [0.29, 0.717) is 40.4 Å². The van der Waals surface area contributed by atoms with Gasteiger partial charge in [-0.1, -0.05) is 6.07 Å². The van der Waals surface area contributed by atoms with Crippen molar-refractivity contribution >= 4 is 34.6 Å². The number of carbonyl (C=O) groups excluding carboxylic acids is 1. The van der Waals surface area contributed by atoms with Gasteiger partial charge in [0.25, 0.3) is 5.91 Å². The van der Waals surface area contributed by atoms with Crippen LogP contribution in [0.5, 0.6) is 17.2 Å². The average Bonchev–Trinajstić information content (AvgIpc) is 3.10. The normalized spacial score (nSPS) is 15.8. The van der Waals surface area contributed by atoms with Crippen molar-refractivity contribution in [3.05, 3.63) is 52.9 Å². The summed E-state index contributed by atoms with van der Waals surface area (Å²) in [7, 11) is 4.72. The number of rotatable bonds is 9. The molecule has 0 N–H and O–H groups in total. The van der Waals surface area contributed by atoms with E-state index < -0.39 is 0 Å². The minimum atomic E-state index is -0.150. The molecule has 0 bridgehead atoms. The molecule has 2 aromatic rings. The van der Waals surface area contributed by atoms with Crippen molar-refractivity contribution in [2.24, 2.45) is 4.99 Å². The quantitative estimate of drug-likeness (QED) is 0.532. The molecule has 0 aliphatic carbocycles. The van der Waals surface area contributed by atoms with E-state index in [4.69, 9.17) is 24.2 Å². The Morgan fingerprint density at radius 1 is 1.09 bits per heavy atom. The Kier molecular flexibility index (Phi) is 8.14. The third-order valence-electron chi connectivity index (χ3n) is 4.48. The monoisotopic (exact) mass is 453 g/mol. The number of hydrogen-bond acceptors (Lipinski definition) is 8. The van der Waals surface area contributed by atoms with Crippen LogP contribution in [0, 0.1) is 11.3 Å². The van der Waals surface area contributed by atoms with Gasteiger partial charge in [-0.25, -0.2) is 4.99 Å². The second-order valence-electron chi connectivity index (χ2n) is 6.51. The molecule has 1 aliphatic heterocycles. The second kappa shape index (κ2) is 11.2. The zero-order valence-electron chi connectivity index (χ0n) is 18.0. The van der Waals surface area contributed by atoms with Gasteiger partial charge in [-0.15, -0.1) is 0 Å². The highest BCUT2D eigenvalue weighted by Crippen LogP contribution is 2.36. The number of amides is 1. The molecule has 1 heterocycles. The van der Waals surface area contributed by atoms with E-state index in [9.17, 15) is 4.79 Å². The van der Waals surface area contributed by atoms with Crippen molar-refractivity contribution < 1.29 is 23.7 Å². The van der Waals surface area contributed by atoms with Crippen LogP contribution < -0.4 is 14.2 Å². The highest BCUT2D eigenvalue weighted by Gasteiger charge is 2.33. The molecule has 9 heteroatoms. The largest absolute Gasteiger partial charge is 0.497 e. The molecule has 1 amide bonds. The lowest BCUT2D eigenvalue weighted by atomic mass is 10.2. The number of carbonyl (C=O) groups is 1. The van der Waals surface area contributed by atoms with Crippen LogP contribution in [0.15, 0.2) is 52.4 Å². The Morgan fingerprint density at radius 2 is 1.88 bits per heavy atom. The number of benzene rings is 2. The summed E-state index contributed by atoms with van der Waals surface area (Å²) < 4.78 is 21.1. The molecule has 1 aliphatic rings. The standard InChI is InChI=1S/C23H23N3O5S/c1-28-13-11-26-22(27)21(32-23(26)25-17-5-7-18(29-2)8-6-17)15-16-4-9-19(31-12-10-24)20(14-16)30-3/h4-9,14-15H,11-13H2,1-3H3. The number of nitriles is 1. The van der Waals surface area contributed by atoms with Crippen molar-refractivity contribution in [3.63, 3.8) is 0 Å². The number of thioether (sulfide) groups is 1. The van der Waals surface area contributed by atoms with E-state index >= 15 is 0 Å². The molecule has 0 atom stereocenters. The summed E-state index contributed by atoms with van der Waals surface area (Å²) in [5.41, 5.74) is 1.48. The molecule has 0 unspecified atom stereocenters. The van der Waals surface area contributed by atoms with Crippen molar-refractivity contribution in [1.82, 2.24) is 4.90 Å². The maximum Gasteiger partial charge on any atom is 0.266 e. The summed E-state index contributed by atoms with van der Waals surface area (Å²) in [6.45, 7) is 0.698. The van der Waals surface area contributed by atoms with Gasteiger partial charge in [0, 0.05) is 7.11 Å². The first kappa shape index (κ1) is 23.2. The lowest BCUT2D eigenvalue weighted by molar-refractivity contribution is -0.122. The first-order valence-electron chi connectivity index (χ1n) is 9.70. The number of aliphatic imine (C=N–C) groups is 1. The molecule has 0 radical (unpaired) electrons. The highest BCUT2D eigenvalue weighted by molar-refractivity contribution is 8.18. The minimum absolute atomic E-state index is 0.0786. The van der Waals surface area contributed by atoms with E-state index in [-0.39, 0.29) is 12.5 Å². The predicted molar refractivity (Wildman–Crippen MR) is 123 cm³/mol. The SMILES string of the molecule is COCCN1C(=O)C(=Cc2ccc(OCC#N)c(OC)c2)SC1=Nc1ccc(OC)cc1. The van der Waals surface area contributed by atoms with Crippen molar-refractivity contribution in [1.29, 1.82) is 5.26 Å². The first-order valence-corrected chi connectivity index (χ1v) is 10.5. The van der Waals surface area contributed by atoms with Crippen molar-refractivity contribution in [2.75, 3.05) is 41.1 Å². The fraction of sp³-hybridized carbons (Fsp3) is 0.261. The third-order valence-corrected chi connectivity index (χ3v) is 5.49. The molecule has 1 fully saturated rings. The Balaban J connectivity index is 1.89. The Bertz CT molecular complexity index is 1060. The van der Waals surface area contributed by atoms with E-state index in [1.165, 1.54) is 18.9 Å². The molecule has 3 rings (SSSR count). The van der Waals surface area contributed by atoms with Crippen LogP contribution in [0.1, 0.15) is 5.56 Å². The van der Waals surface area contributed by atoms with Crippen LogP contribution in [0.4, 0.5) is 5.69 Å². The topological polar surface area (TPSA) is 93.4 Å². The summed E-state index contributed by atoms with van der Waals surface area (Å²) in [4.78, 5) is 19.8. The maximum absolute atomic E-state index is 13.1. The Labute approximate surface area is 191 Å². The summed E-state index contributed by atoms with van der Waals surface area (Å²) >= 11 is 1.29. The minimum Gasteiger partial charge on any atom is -0.497 e. The zero-order valence-corrected chi connectivity index (χ0v) is 18.8. The van der Waals surface area contributed by atoms with E-state index in [1.807, 2.05) is 30.3 Å². The fourth-order valence-electron chi connectivity index (χ4n) is 2.89. The van der Waals surface area contributed by atoms with Crippen molar-refractivity contribution in [2.45, 2.75) is 0 Å². The smallest absolute Gasteiger partial charge is 0.266 e. The van der Waals surface area contributed by atoms with E-state index in [0.717, 1.165) is 11.3 Å². The maximum atomic E-state index is 13.1. The molecule has 0 spiro atoms. The van der Waals surface area contributed by atoms with Gasteiger partial charge in [0.15, 0.2) is 23.3 Å². The molecule has 166 valence electrons. The van der Waals surface area contributed by atoms with Gasteiger partial charge < -0.3 is 18.9 Å². The lowest BCUT2D eigenvalue weighted by Crippen LogP contribution is -2.32. The number of hydrogen-bond donors (Lipinski definition) is 0. The fourth-order valence-corrected chi connectivity index (χ4v) is 3.92. The number of nitrogens with zero attached hydrogens (tertiary/aromatic N) is 3.